The van der Waals surface area contributed by atoms with E-state index in [0.717, 1.165) is 6.33 Å². The number of fused-ring (bicyclic) bond motifs is 2. The number of quaternary nitrogens is 1. The molecule has 1 aromatic heterocycles. The van der Waals surface area contributed by atoms with Gasteiger partial charge in [-0.3, -0.25) is 10.1 Å². The average molecular weight is 508 g/mol. The van der Waals surface area contributed by atoms with Crippen molar-refractivity contribution < 1.29 is 33.0 Å². The molecule has 2 aliphatic heterocycles. The van der Waals surface area contributed by atoms with E-state index in [1.807, 2.05) is 0 Å². The fourth-order valence-corrected chi connectivity index (χ4v) is 4.47. The Balaban J connectivity index is 1.57. The molecule has 35 heavy (non-hydrogen) atoms. The van der Waals surface area contributed by atoms with Gasteiger partial charge in [0.2, 0.25) is 22.6 Å². The average Bonchev–Trinajstić information content (AvgIpc) is 3.18. The van der Waals surface area contributed by atoms with Crippen LogP contribution in [0.5, 0.6) is 0 Å². The number of primary sulfonamides is 1. The zero-order valence-corrected chi connectivity index (χ0v) is 19.1. The van der Waals surface area contributed by atoms with E-state index in [9.17, 15) is 28.2 Å². The van der Waals surface area contributed by atoms with Gasteiger partial charge in [-0.25, -0.2) is 23.3 Å². The highest BCUT2D eigenvalue weighted by atomic mass is 32.2. The van der Waals surface area contributed by atoms with Crippen LogP contribution in [0.1, 0.15) is 6.92 Å². The number of nitrogens with two attached hydrogens (primary N) is 1. The molecule has 1 saturated heterocycles. The monoisotopic (exact) mass is 507 g/mol. The van der Waals surface area contributed by atoms with Crippen LogP contribution in [0.25, 0.3) is 0 Å². The van der Waals surface area contributed by atoms with Crippen LogP contribution in [-0.2, 0) is 19.6 Å². The summed E-state index contributed by atoms with van der Waals surface area (Å²) in [4.78, 5) is 36.8. The number of aliphatic hydroxyl groups excluding tert-OH is 2. The molecule has 1 spiro atoms. The topological polar surface area (TPSA) is 218 Å². The first-order valence-corrected chi connectivity index (χ1v) is 11.9. The maximum atomic E-state index is 12.6. The molecule has 0 bridgehead atoms. The number of benzene rings is 1. The summed E-state index contributed by atoms with van der Waals surface area (Å²) in [5.41, 5.74) is 0.0262. The van der Waals surface area contributed by atoms with Crippen LogP contribution in [0.4, 0.5) is 27.8 Å². The molecular formula is C19H23N8O7S+. The number of hydrogen-bond acceptors (Lipinski definition) is 10. The third-order valence-corrected chi connectivity index (χ3v) is 6.40. The normalized spacial score (nSPS) is 25.2. The van der Waals surface area contributed by atoms with Crippen molar-refractivity contribution in [1.82, 2.24) is 19.8 Å². The van der Waals surface area contributed by atoms with E-state index in [0.29, 0.717) is 6.54 Å². The van der Waals surface area contributed by atoms with Crippen LogP contribution in [0.2, 0.25) is 0 Å². The second-order valence-corrected chi connectivity index (χ2v) is 9.23. The number of carbonyl (C=O) groups is 2. The molecule has 4 atom stereocenters. The standard InChI is InChI=1S/C19H22N8O7S/c1-2-21-17(29)14-13(28)18(30)27(9-34-14)8-24-12-15(22-7-23-16(12)27)26-19(31)25-10-5-3-4-6-11(10)35(20,32)33/h3-8,13-14,18,28,30H,2,9H2,1H3,(H4-,20,21,22,23,25,26,29,31,32,33)/p+1/t13?,14-,18?,27?/m0/s1. The summed E-state index contributed by atoms with van der Waals surface area (Å²) in [6, 6.07) is 4.72. The number of urea groups is 1. The van der Waals surface area contributed by atoms with E-state index in [1.165, 1.54) is 30.6 Å². The highest BCUT2D eigenvalue weighted by Gasteiger charge is 2.56. The first-order chi connectivity index (χ1) is 16.6. The minimum Gasteiger partial charge on any atom is -0.381 e. The molecule has 0 radical (unpaired) electrons. The minimum absolute atomic E-state index is 0.0513. The summed E-state index contributed by atoms with van der Waals surface area (Å²) >= 11 is 0. The van der Waals surface area contributed by atoms with Crippen LogP contribution in [0.15, 0.2) is 40.5 Å². The minimum atomic E-state index is -4.09. The Labute approximate surface area is 199 Å². The lowest BCUT2D eigenvalue weighted by atomic mass is 10.1. The van der Waals surface area contributed by atoms with Crippen molar-refractivity contribution >= 4 is 51.3 Å². The van der Waals surface area contributed by atoms with Gasteiger partial charge in [0, 0.05) is 6.54 Å². The molecule has 16 heteroatoms. The number of aliphatic imine (C=N–C) groups is 1. The van der Waals surface area contributed by atoms with Gasteiger partial charge in [0.25, 0.3) is 11.7 Å². The van der Waals surface area contributed by atoms with E-state index in [2.05, 4.69) is 30.9 Å². The first-order valence-electron chi connectivity index (χ1n) is 10.3. The molecule has 0 saturated carbocycles. The van der Waals surface area contributed by atoms with E-state index in [1.54, 1.807) is 6.92 Å². The second-order valence-electron chi connectivity index (χ2n) is 7.71. The summed E-state index contributed by atoms with van der Waals surface area (Å²) in [6.45, 7) is 1.74. The number of rotatable bonds is 5. The molecule has 2 aliphatic rings. The number of nitrogens with zero attached hydrogens (tertiary/aromatic N) is 4. The lowest BCUT2D eigenvalue weighted by Crippen LogP contribution is -2.69. The lowest BCUT2D eigenvalue weighted by molar-refractivity contribution is -0.197. The summed E-state index contributed by atoms with van der Waals surface area (Å²) in [5, 5.41) is 34.0. The van der Waals surface area contributed by atoms with Crippen molar-refractivity contribution in [1.29, 1.82) is 0 Å². The number of aromatic nitrogens is 2. The summed E-state index contributed by atoms with van der Waals surface area (Å²) in [7, 11) is -4.09. The van der Waals surface area contributed by atoms with E-state index < -0.39 is 44.9 Å². The van der Waals surface area contributed by atoms with Crippen molar-refractivity contribution in [2.45, 2.75) is 30.3 Å². The number of hydrogen-bond donors (Lipinski definition) is 6. The number of nitrogens with one attached hydrogen (secondary N) is 3. The molecule has 15 nitrogen and oxygen atoms in total. The number of likely N-dealkylation sites (N-methyl/N-ethyl adjacent to an activating group) is 1. The quantitative estimate of drug-likeness (QED) is 0.271. The molecule has 1 aromatic carbocycles. The van der Waals surface area contributed by atoms with Crippen LogP contribution in [0, 0.1) is 0 Å². The van der Waals surface area contributed by atoms with Gasteiger partial charge in [0.15, 0.2) is 30.4 Å². The number of sulfonamides is 1. The third kappa shape index (κ3) is 4.45. The van der Waals surface area contributed by atoms with Gasteiger partial charge < -0.3 is 25.6 Å². The van der Waals surface area contributed by atoms with E-state index >= 15 is 0 Å². The van der Waals surface area contributed by atoms with Crippen LogP contribution in [-0.4, -0.2) is 78.6 Å². The van der Waals surface area contributed by atoms with Crippen LogP contribution < -0.4 is 25.6 Å². The molecule has 3 unspecified atom stereocenters. The molecule has 186 valence electrons. The zero-order valence-electron chi connectivity index (χ0n) is 18.3. The number of ether oxygens (including phenoxy) is 1. The van der Waals surface area contributed by atoms with Gasteiger partial charge in [0.1, 0.15) is 11.2 Å². The Morgan fingerprint density at radius 1 is 1.23 bits per heavy atom. The molecule has 3 heterocycles. The van der Waals surface area contributed by atoms with Gasteiger partial charge in [0.05, 0.1) is 5.69 Å². The Morgan fingerprint density at radius 2 is 1.97 bits per heavy atom. The van der Waals surface area contributed by atoms with Crippen molar-refractivity contribution in [3.05, 3.63) is 30.6 Å². The Morgan fingerprint density at radius 3 is 2.69 bits per heavy atom. The first kappa shape index (κ1) is 24.6. The van der Waals surface area contributed by atoms with E-state index in [-0.39, 0.29) is 34.6 Å². The predicted molar refractivity (Wildman–Crippen MR) is 123 cm³/mol. The Hall–Kier alpha value is -3.54. The third-order valence-electron chi connectivity index (χ3n) is 5.43. The highest BCUT2D eigenvalue weighted by molar-refractivity contribution is 7.89. The van der Waals surface area contributed by atoms with Gasteiger partial charge in [-0.2, -0.15) is 14.5 Å². The molecule has 1 fully saturated rings. The fourth-order valence-electron chi connectivity index (χ4n) is 3.78. The van der Waals surface area contributed by atoms with Gasteiger partial charge in [-0.05, 0) is 19.1 Å². The number of aliphatic hydroxyl groups is 2. The van der Waals surface area contributed by atoms with Crippen molar-refractivity contribution in [3.8, 4) is 0 Å². The largest absolute Gasteiger partial charge is 0.381 e. The number of amides is 3. The van der Waals surface area contributed by atoms with Crippen molar-refractivity contribution in [2.24, 2.45) is 10.1 Å². The number of para-hydroxylation sites is 1. The molecule has 4 rings (SSSR count). The fraction of sp³-hybridized carbons (Fsp3) is 0.316. The maximum Gasteiger partial charge on any atom is 0.324 e. The zero-order chi connectivity index (χ0) is 25.4. The number of anilines is 2. The molecule has 3 amide bonds. The molecule has 0 aliphatic carbocycles. The van der Waals surface area contributed by atoms with Crippen LogP contribution in [0.3, 0.4) is 0 Å². The Bertz CT molecular complexity index is 1300. The summed E-state index contributed by atoms with van der Waals surface area (Å²) in [5.74, 6) is -0.518. The summed E-state index contributed by atoms with van der Waals surface area (Å²) < 4.78 is 28.5. The molecule has 2 aromatic rings. The Kier molecular flexibility index (Phi) is 6.50. The van der Waals surface area contributed by atoms with Gasteiger partial charge in [-0.15, -0.1) is 0 Å². The summed E-state index contributed by atoms with van der Waals surface area (Å²) in [6.07, 6.45) is -2.08. The molecule has 7 N–H and O–H groups in total. The predicted octanol–water partition coefficient (Wildman–Crippen LogP) is -1.08. The van der Waals surface area contributed by atoms with Gasteiger partial charge >= 0.3 is 6.03 Å². The smallest absolute Gasteiger partial charge is 0.324 e. The second kappa shape index (κ2) is 9.25. The lowest BCUT2D eigenvalue weighted by Gasteiger charge is -2.42. The van der Waals surface area contributed by atoms with Gasteiger partial charge in [-0.1, -0.05) is 12.1 Å². The molecular weight excluding hydrogens is 484 g/mol. The van der Waals surface area contributed by atoms with Crippen molar-refractivity contribution in [2.75, 3.05) is 23.9 Å². The highest BCUT2D eigenvalue weighted by Crippen LogP contribution is 2.43. The van der Waals surface area contributed by atoms with E-state index in [4.69, 9.17) is 9.88 Å². The number of carbonyl (C=O) groups excluding carboxylic acids is 2. The van der Waals surface area contributed by atoms with Crippen molar-refractivity contribution in [3.63, 3.8) is 0 Å². The SMILES string of the molecule is CCNC(=O)[C@H]1OC[N+]2(C=Nc3c(NC(=O)Nc4ccccc4S(N)(=O)=O)ncnc32)C(O)C1O. The van der Waals surface area contributed by atoms with Crippen LogP contribution >= 0.6 is 0 Å². The maximum absolute atomic E-state index is 12.6.